The Morgan fingerprint density at radius 2 is 1.48 bits per heavy atom. The number of rotatable bonds is 8. The second-order valence-corrected chi connectivity index (χ2v) is 7.22. The predicted molar refractivity (Wildman–Crippen MR) is 119 cm³/mol. The molecule has 0 aromatic heterocycles. The molecule has 152 valence electrons. The monoisotopic (exact) mass is 391 g/mol. The Kier molecular flexibility index (Phi) is 6.37. The highest BCUT2D eigenvalue weighted by atomic mass is 16.2. The Labute approximate surface area is 173 Å². The van der Waals surface area contributed by atoms with Gasteiger partial charge in [0.25, 0.3) is 11.8 Å². The normalized spacial score (nSPS) is 14.0. The minimum Gasteiger partial charge on any atom is -0.372 e. The molecule has 29 heavy (non-hydrogen) atoms. The molecular weight excluding hydrogens is 362 g/mol. The van der Waals surface area contributed by atoms with Crippen LogP contribution in [-0.4, -0.2) is 36.3 Å². The van der Waals surface area contributed by atoms with E-state index in [1.807, 2.05) is 62.4 Å². The number of nitrogens with one attached hydrogen (secondary N) is 1. The lowest BCUT2D eigenvalue weighted by Crippen LogP contribution is -2.33. The largest absolute Gasteiger partial charge is 0.372 e. The average Bonchev–Trinajstić information content (AvgIpc) is 2.95. The Hall–Kier alpha value is -3.08. The van der Waals surface area contributed by atoms with Crippen molar-refractivity contribution in [1.82, 2.24) is 4.90 Å². The second-order valence-electron chi connectivity index (χ2n) is 7.22. The van der Waals surface area contributed by atoms with E-state index in [0.29, 0.717) is 17.8 Å². The number of hydrogen-bond donors (Lipinski definition) is 1. The third kappa shape index (κ3) is 4.19. The average molecular weight is 392 g/mol. The van der Waals surface area contributed by atoms with Gasteiger partial charge in [0.1, 0.15) is 5.70 Å². The number of carbonyl (C=O) groups excluding carboxylic acids is 2. The van der Waals surface area contributed by atoms with Gasteiger partial charge in [0.05, 0.1) is 5.57 Å². The van der Waals surface area contributed by atoms with E-state index in [1.54, 1.807) is 0 Å². The molecule has 0 fully saturated rings. The van der Waals surface area contributed by atoms with E-state index in [0.717, 1.165) is 42.0 Å². The summed E-state index contributed by atoms with van der Waals surface area (Å²) in [6.07, 6.45) is 0.727. The van der Waals surface area contributed by atoms with Gasteiger partial charge in [0.15, 0.2) is 0 Å². The summed E-state index contributed by atoms with van der Waals surface area (Å²) in [5, 5.41) is 3.22. The molecule has 0 unspecified atom stereocenters. The van der Waals surface area contributed by atoms with Gasteiger partial charge in [-0.3, -0.25) is 14.5 Å². The van der Waals surface area contributed by atoms with Gasteiger partial charge in [-0.2, -0.15) is 0 Å². The zero-order valence-corrected chi connectivity index (χ0v) is 17.7. The Morgan fingerprint density at radius 1 is 0.862 bits per heavy atom. The highest BCUT2D eigenvalue weighted by Crippen LogP contribution is 2.31. The van der Waals surface area contributed by atoms with Crippen LogP contribution in [-0.2, 0) is 9.59 Å². The van der Waals surface area contributed by atoms with Crippen LogP contribution in [0.1, 0.15) is 38.3 Å². The first-order valence-corrected chi connectivity index (χ1v) is 10.3. The summed E-state index contributed by atoms with van der Waals surface area (Å²) in [6, 6.07) is 15.7. The van der Waals surface area contributed by atoms with Crippen molar-refractivity contribution < 1.29 is 9.59 Å². The lowest BCUT2D eigenvalue weighted by Gasteiger charge is -2.21. The van der Waals surface area contributed by atoms with E-state index >= 15 is 0 Å². The van der Waals surface area contributed by atoms with Crippen LogP contribution in [0.15, 0.2) is 54.2 Å². The summed E-state index contributed by atoms with van der Waals surface area (Å²) < 4.78 is 0. The third-order valence-corrected chi connectivity index (χ3v) is 5.22. The smallest absolute Gasteiger partial charge is 0.278 e. The third-order valence-electron chi connectivity index (χ3n) is 5.22. The Balaban J connectivity index is 1.97. The van der Waals surface area contributed by atoms with Crippen molar-refractivity contribution in [3.8, 4) is 0 Å². The molecule has 3 rings (SSSR count). The number of aryl methyl sites for hydroxylation is 1. The van der Waals surface area contributed by atoms with Gasteiger partial charge >= 0.3 is 0 Å². The maximum Gasteiger partial charge on any atom is 0.278 e. The van der Waals surface area contributed by atoms with Crippen molar-refractivity contribution >= 4 is 28.8 Å². The highest BCUT2D eigenvalue weighted by molar-refractivity contribution is 6.36. The van der Waals surface area contributed by atoms with Gasteiger partial charge in [-0.1, -0.05) is 36.8 Å². The summed E-state index contributed by atoms with van der Waals surface area (Å²) in [6.45, 7) is 10.5. The van der Waals surface area contributed by atoms with E-state index in [9.17, 15) is 9.59 Å². The van der Waals surface area contributed by atoms with E-state index in [4.69, 9.17) is 0 Å². The first kappa shape index (κ1) is 20.6. The molecule has 2 aromatic carbocycles. The molecule has 0 saturated heterocycles. The van der Waals surface area contributed by atoms with Gasteiger partial charge in [-0.05, 0) is 57.0 Å². The topological polar surface area (TPSA) is 52.7 Å². The molecular formula is C24H29N3O2. The zero-order valence-electron chi connectivity index (χ0n) is 17.7. The Bertz CT molecular complexity index is 910. The van der Waals surface area contributed by atoms with Crippen LogP contribution in [0.25, 0.3) is 5.57 Å². The molecule has 1 N–H and O–H groups in total. The van der Waals surface area contributed by atoms with Crippen LogP contribution < -0.4 is 10.2 Å². The van der Waals surface area contributed by atoms with Crippen molar-refractivity contribution in [3.05, 3.63) is 65.4 Å². The van der Waals surface area contributed by atoms with Gasteiger partial charge < -0.3 is 10.2 Å². The fourth-order valence-corrected chi connectivity index (χ4v) is 3.60. The van der Waals surface area contributed by atoms with Gasteiger partial charge in [0, 0.05) is 31.0 Å². The minimum absolute atomic E-state index is 0.233. The van der Waals surface area contributed by atoms with Crippen LogP contribution in [0.4, 0.5) is 11.4 Å². The molecule has 1 aliphatic rings. The number of nitrogens with zero attached hydrogens (tertiary/aromatic N) is 2. The van der Waals surface area contributed by atoms with Crippen molar-refractivity contribution in [2.75, 3.05) is 29.9 Å². The zero-order chi connectivity index (χ0) is 21.0. The van der Waals surface area contributed by atoms with Crippen molar-refractivity contribution in [2.45, 2.75) is 34.1 Å². The van der Waals surface area contributed by atoms with E-state index in [1.165, 1.54) is 4.90 Å². The lowest BCUT2D eigenvalue weighted by atomic mass is 10.0. The molecule has 5 nitrogen and oxygen atoms in total. The van der Waals surface area contributed by atoms with E-state index in [2.05, 4.69) is 24.1 Å². The predicted octanol–water partition coefficient (Wildman–Crippen LogP) is 4.44. The van der Waals surface area contributed by atoms with Crippen molar-refractivity contribution in [1.29, 1.82) is 0 Å². The molecule has 1 heterocycles. The van der Waals surface area contributed by atoms with Crippen molar-refractivity contribution in [3.63, 3.8) is 0 Å². The van der Waals surface area contributed by atoms with Crippen LogP contribution >= 0.6 is 0 Å². The lowest BCUT2D eigenvalue weighted by molar-refractivity contribution is -0.136. The molecule has 0 atom stereocenters. The molecule has 2 aromatic rings. The van der Waals surface area contributed by atoms with Gasteiger partial charge in [0.2, 0.25) is 0 Å². The molecule has 0 bridgehead atoms. The summed E-state index contributed by atoms with van der Waals surface area (Å²) in [5.74, 6) is -0.497. The van der Waals surface area contributed by atoms with Crippen LogP contribution in [0, 0.1) is 6.92 Å². The summed E-state index contributed by atoms with van der Waals surface area (Å²) in [5.41, 5.74) is 4.58. The number of imide groups is 1. The number of anilines is 2. The first-order valence-electron chi connectivity index (χ1n) is 10.3. The number of hydrogen-bond acceptors (Lipinski definition) is 4. The standard InChI is InChI=1S/C24H29N3O2/c1-5-16-27-23(28)21(18-10-8-17(4)9-11-18)22(24(27)29)25-19-12-14-20(15-13-19)26(6-2)7-3/h8-15,25H,5-7,16H2,1-4H3. The van der Waals surface area contributed by atoms with Crippen LogP contribution in [0.5, 0.6) is 0 Å². The summed E-state index contributed by atoms with van der Waals surface area (Å²) in [4.78, 5) is 29.6. The SMILES string of the molecule is CCCN1C(=O)C(Nc2ccc(N(CC)CC)cc2)=C(c2ccc(C)cc2)C1=O. The maximum absolute atomic E-state index is 13.0. The van der Waals surface area contributed by atoms with Crippen LogP contribution in [0.3, 0.4) is 0 Å². The van der Waals surface area contributed by atoms with Crippen LogP contribution in [0.2, 0.25) is 0 Å². The number of benzene rings is 2. The van der Waals surface area contributed by atoms with Crippen molar-refractivity contribution in [2.24, 2.45) is 0 Å². The number of carbonyl (C=O) groups is 2. The summed E-state index contributed by atoms with van der Waals surface area (Å²) >= 11 is 0. The van der Waals surface area contributed by atoms with Gasteiger partial charge in [-0.15, -0.1) is 0 Å². The maximum atomic E-state index is 13.0. The Morgan fingerprint density at radius 3 is 2.03 bits per heavy atom. The quantitative estimate of drug-likeness (QED) is 0.676. The molecule has 0 spiro atoms. The van der Waals surface area contributed by atoms with Gasteiger partial charge in [-0.25, -0.2) is 0 Å². The first-order chi connectivity index (χ1) is 14.0. The number of amides is 2. The van der Waals surface area contributed by atoms with E-state index in [-0.39, 0.29) is 11.8 Å². The minimum atomic E-state index is -0.264. The highest BCUT2D eigenvalue weighted by Gasteiger charge is 2.38. The molecule has 0 saturated carbocycles. The molecule has 0 aliphatic carbocycles. The molecule has 0 radical (unpaired) electrons. The fourth-order valence-electron chi connectivity index (χ4n) is 3.60. The molecule has 1 aliphatic heterocycles. The second kappa shape index (κ2) is 8.95. The molecule has 2 amide bonds. The molecule has 5 heteroatoms. The fraction of sp³-hybridized carbons (Fsp3) is 0.333. The summed E-state index contributed by atoms with van der Waals surface area (Å²) in [7, 11) is 0. The van der Waals surface area contributed by atoms with E-state index < -0.39 is 0 Å².